The maximum Gasteiger partial charge on any atom is 0.219 e. The summed E-state index contributed by atoms with van der Waals surface area (Å²) in [6, 6.07) is 10.2. The van der Waals surface area contributed by atoms with Crippen LogP contribution >= 0.6 is 12.2 Å². The third-order valence-corrected chi connectivity index (χ3v) is 1.99. The topological polar surface area (TPSA) is 24.7 Å². The van der Waals surface area contributed by atoms with E-state index in [1.807, 2.05) is 18.2 Å². The van der Waals surface area contributed by atoms with Crippen molar-refractivity contribution in [3.63, 3.8) is 0 Å². The van der Waals surface area contributed by atoms with Gasteiger partial charge in [-0.25, -0.2) is 9.98 Å². The van der Waals surface area contributed by atoms with Gasteiger partial charge < -0.3 is 0 Å². The Hall–Kier alpha value is -1.35. The van der Waals surface area contributed by atoms with Crippen LogP contribution < -0.4 is 0 Å². The van der Waals surface area contributed by atoms with E-state index in [9.17, 15) is 0 Å². The number of thiocarbonyl (C=S) groups is 1. The molecular formula is C10H8N2S. The van der Waals surface area contributed by atoms with Gasteiger partial charge in [-0.3, -0.25) is 0 Å². The average molecular weight is 188 g/mol. The van der Waals surface area contributed by atoms with Crippen LogP contribution in [-0.2, 0) is 6.42 Å². The van der Waals surface area contributed by atoms with Gasteiger partial charge in [0.05, 0.1) is 11.9 Å². The summed E-state index contributed by atoms with van der Waals surface area (Å²) in [5, 5.41) is 0.436. The molecular weight excluding hydrogens is 180 g/mol. The third-order valence-electron chi connectivity index (χ3n) is 1.79. The first-order chi connectivity index (χ1) is 6.34. The van der Waals surface area contributed by atoms with Crippen LogP contribution in [0, 0.1) is 0 Å². The highest BCUT2D eigenvalue weighted by Crippen LogP contribution is 2.03. The van der Waals surface area contributed by atoms with Crippen molar-refractivity contribution in [3.8, 4) is 0 Å². The van der Waals surface area contributed by atoms with Crippen LogP contribution in [0.25, 0.3) is 0 Å². The Kier molecular flexibility index (Phi) is 2.27. The van der Waals surface area contributed by atoms with Crippen molar-refractivity contribution in [1.82, 2.24) is 0 Å². The lowest BCUT2D eigenvalue weighted by Crippen LogP contribution is -2.01. The standard InChI is InChI=1S/C10H8N2S/c13-10-11-7-9(12-10)6-8-4-2-1-3-5-8/h1-5,7H,6H2. The molecule has 0 unspecified atom stereocenters. The van der Waals surface area contributed by atoms with Crippen molar-refractivity contribution in [2.75, 3.05) is 0 Å². The molecule has 1 aromatic rings. The van der Waals surface area contributed by atoms with Crippen LogP contribution in [0.5, 0.6) is 0 Å². The zero-order valence-electron chi connectivity index (χ0n) is 6.97. The number of rotatable bonds is 2. The summed E-state index contributed by atoms with van der Waals surface area (Å²) in [5.41, 5.74) is 2.17. The van der Waals surface area contributed by atoms with Gasteiger partial charge in [0.15, 0.2) is 0 Å². The number of hydrogen-bond donors (Lipinski definition) is 0. The summed E-state index contributed by atoms with van der Waals surface area (Å²) in [6.07, 6.45) is 2.54. The molecule has 2 rings (SSSR count). The molecule has 0 aliphatic carbocycles. The first-order valence-electron chi connectivity index (χ1n) is 4.04. The Morgan fingerprint density at radius 2 is 1.92 bits per heavy atom. The lowest BCUT2D eigenvalue weighted by molar-refractivity contribution is 1.35. The van der Waals surface area contributed by atoms with Crippen LogP contribution in [0.3, 0.4) is 0 Å². The highest BCUT2D eigenvalue weighted by atomic mass is 32.1. The fraction of sp³-hybridized carbons (Fsp3) is 0.100. The summed E-state index contributed by atoms with van der Waals surface area (Å²) >= 11 is 4.83. The molecule has 0 saturated heterocycles. The van der Waals surface area contributed by atoms with Gasteiger partial charge in [0, 0.05) is 6.42 Å². The first kappa shape index (κ1) is 8.26. The largest absolute Gasteiger partial charge is 0.225 e. The van der Waals surface area contributed by atoms with Crippen LogP contribution in [0.2, 0.25) is 0 Å². The van der Waals surface area contributed by atoms with Gasteiger partial charge in [-0.2, -0.15) is 0 Å². The second-order valence-electron chi connectivity index (χ2n) is 2.81. The number of aliphatic imine (C=N–C) groups is 2. The van der Waals surface area contributed by atoms with Crippen molar-refractivity contribution in [1.29, 1.82) is 0 Å². The Morgan fingerprint density at radius 1 is 1.15 bits per heavy atom. The molecule has 3 heteroatoms. The molecule has 0 bridgehead atoms. The minimum atomic E-state index is 0.436. The van der Waals surface area contributed by atoms with Gasteiger partial charge in [-0.05, 0) is 17.8 Å². The molecule has 0 amide bonds. The summed E-state index contributed by atoms with van der Waals surface area (Å²) in [5.74, 6) is 0. The SMILES string of the molecule is S=C1N=CC(Cc2ccccc2)=N1. The molecule has 1 aromatic carbocycles. The normalized spacial score (nSPS) is 14.8. The molecule has 0 saturated carbocycles. The zero-order chi connectivity index (χ0) is 9.10. The van der Waals surface area contributed by atoms with E-state index in [2.05, 4.69) is 22.1 Å². The van der Waals surface area contributed by atoms with Gasteiger partial charge >= 0.3 is 0 Å². The summed E-state index contributed by atoms with van der Waals surface area (Å²) < 4.78 is 0. The monoisotopic (exact) mass is 188 g/mol. The molecule has 1 aliphatic heterocycles. The van der Waals surface area contributed by atoms with Gasteiger partial charge in [-0.15, -0.1) is 0 Å². The Balaban J connectivity index is 2.12. The summed E-state index contributed by atoms with van der Waals surface area (Å²) in [7, 11) is 0. The predicted octanol–water partition coefficient (Wildman–Crippen LogP) is 2.04. The zero-order valence-corrected chi connectivity index (χ0v) is 7.79. The minimum absolute atomic E-state index is 0.436. The van der Waals surface area contributed by atoms with Gasteiger partial charge in [-0.1, -0.05) is 30.3 Å². The summed E-state index contributed by atoms with van der Waals surface area (Å²) in [4.78, 5) is 8.03. The van der Waals surface area contributed by atoms with E-state index in [0.717, 1.165) is 12.1 Å². The molecule has 1 heterocycles. The molecule has 0 radical (unpaired) electrons. The van der Waals surface area contributed by atoms with E-state index < -0.39 is 0 Å². The second kappa shape index (κ2) is 3.58. The van der Waals surface area contributed by atoms with Gasteiger partial charge in [0.2, 0.25) is 5.11 Å². The van der Waals surface area contributed by atoms with Crippen LogP contribution in [0.4, 0.5) is 0 Å². The highest BCUT2D eigenvalue weighted by molar-refractivity contribution is 7.80. The number of hydrogen-bond acceptors (Lipinski definition) is 1. The molecule has 13 heavy (non-hydrogen) atoms. The second-order valence-corrected chi connectivity index (χ2v) is 3.17. The fourth-order valence-corrected chi connectivity index (χ4v) is 1.37. The van der Waals surface area contributed by atoms with E-state index in [0.29, 0.717) is 5.11 Å². The molecule has 2 nitrogen and oxygen atoms in total. The Bertz CT molecular complexity index is 379. The van der Waals surface area contributed by atoms with Crippen molar-refractivity contribution < 1.29 is 0 Å². The quantitative estimate of drug-likeness (QED) is 0.652. The van der Waals surface area contributed by atoms with E-state index >= 15 is 0 Å². The molecule has 0 spiro atoms. The predicted molar refractivity (Wildman–Crippen MR) is 58.7 cm³/mol. The molecule has 0 fully saturated rings. The average Bonchev–Trinajstić information content (AvgIpc) is 2.53. The van der Waals surface area contributed by atoms with Gasteiger partial charge in [0.1, 0.15) is 0 Å². The minimum Gasteiger partial charge on any atom is -0.225 e. The lowest BCUT2D eigenvalue weighted by atomic mass is 10.1. The molecule has 1 aliphatic rings. The van der Waals surface area contributed by atoms with Crippen molar-refractivity contribution in [2.45, 2.75) is 6.42 Å². The van der Waals surface area contributed by atoms with Crippen molar-refractivity contribution >= 4 is 29.3 Å². The van der Waals surface area contributed by atoms with Crippen molar-refractivity contribution in [3.05, 3.63) is 35.9 Å². The molecule has 0 N–H and O–H groups in total. The fourth-order valence-electron chi connectivity index (χ4n) is 1.20. The number of nitrogens with zero attached hydrogens (tertiary/aromatic N) is 2. The van der Waals surface area contributed by atoms with E-state index in [-0.39, 0.29) is 0 Å². The van der Waals surface area contributed by atoms with Crippen LogP contribution in [-0.4, -0.2) is 17.0 Å². The van der Waals surface area contributed by atoms with Gasteiger partial charge in [0.25, 0.3) is 0 Å². The van der Waals surface area contributed by atoms with Crippen LogP contribution in [0.1, 0.15) is 5.56 Å². The van der Waals surface area contributed by atoms with E-state index in [1.165, 1.54) is 5.56 Å². The Morgan fingerprint density at radius 3 is 2.54 bits per heavy atom. The highest BCUT2D eigenvalue weighted by Gasteiger charge is 2.05. The first-order valence-corrected chi connectivity index (χ1v) is 4.45. The van der Waals surface area contributed by atoms with E-state index in [1.54, 1.807) is 6.21 Å². The van der Waals surface area contributed by atoms with Crippen molar-refractivity contribution in [2.24, 2.45) is 9.98 Å². The molecule has 0 atom stereocenters. The lowest BCUT2D eigenvalue weighted by Gasteiger charge is -1.96. The maximum absolute atomic E-state index is 4.83. The Labute approximate surface area is 82.0 Å². The molecule has 0 aromatic heterocycles. The third kappa shape index (κ3) is 2.06. The smallest absolute Gasteiger partial charge is 0.219 e. The summed E-state index contributed by atoms with van der Waals surface area (Å²) in [6.45, 7) is 0. The molecule has 64 valence electrons. The maximum atomic E-state index is 4.83. The van der Waals surface area contributed by atoms with Crippen LogP contribution in [0.15, 0.2) is 40.3 Å². The number of benzene rings is 1. The van der Waals surface area contributed by atoms with E-state index in [4.69, 9.17) is 12.2 Å².